The normalized spacial score (nSPS) is 41.4. The Morgan fingerprint density at radius 2 is 2.00 bits per heavy atom. The van der Waals surface area contributed by atoms with Crippen molar-refractivity contribution in [2.45, 2.75) is 33.2 Å². The van der Waals surface area contributed by atoms with Gasteiger partial charge >= 0.3 is 0 Å². The number of fused-ring (bicyclic) bond motifs is 1. The average molecular weight is 179 g/mol. The molecule has 0 unspecified atom stereocenters. The fourth-order valence-corrected chi connectivity index (χ4v) is 3.32. The maximum atomic E-state index is 2.48. The highest BCUT2D eigenvalue weighted by atomic mass is 15.1. The van der Waals surface area contributed by atoms with E-state index in [0.29, 0.717) is 11.5 Å². The molecule has 0 amide bonds. The van der Waals surface area contributed by atoms with E-state index in [4.69, 9.17) is 0 Å². The quantitative estimate of drug-likeness (QED) is 0.559. The molecule has 0 spiro atoms. The van der Waals surface area contributed by atoms with Crippen LogP contribution in [0.1, 0.15) is 27.2 Å². The highest BCUT2D eigenvalue weighted by Gasteiger charge is 2.54. The second-order valence-corrected chi connectivity index (χ2v) is 5.58. The summed E-state index contributed by atoms with van der Waals surface area (Å²) in [4.78, 5) is 2.37. The van der Waals surface area contributed by atoms with Crippen LogP contribution in [0.25, 0.3) is 0 Å². The SMILES string of the molecule is CC1=C[C@@H](N(C)C)[C@H]2C[C@@H]1C2(C)C. The first kappa shape index (κ1) is 9.26. The number of allylic oxidation sites excluding steroid dienone is 1. The van der Waals surface area contributed by atoms with Crippen LogP contribution in [0, 0.1) is 17.3 Å². The zero-order chi connectivity index (χ0) is 9.80. The van der Waals surface area contributed by atoms with Gasteiger partial charge in [-0.2, -0.15) is 0 Å². The largest absolute Gasteiger partial charge is 0.303 e. The van der Waals surface area contributed by atoms with Crippen molar-refractivity contribution < 1.29 is 0 Å². The highest BCUT2D eigenvalue weighted by Crippen LogP contribution is 2.59. The van der Waals surface area contributed by atoms with Gasteiger partial charge in [-0.15, -0.1) is 0 Å². The van der Waals surface area contributed by atoms with Crippen molar-refractivity contribution >= 4 is 0 Å². The van der Waals surface area contributed by atoms with Crippen LogP contribution in [0.2, 0.25) is 0 Å². The molecule has 3 aliphatic rings. The summed E-state index contributed by atoms with van der Waals surface area (Å²) < 4.78 is 0. The third-order valence-corrected chi connectivity index (χ3v) is 4.34. The fourth-order valence-electron chi connectivity index (χ4n) is 3.32. The first-order chi connectivity index (χ1) is 5.94. The summed E-state index contributed by atoms with van der Waals surface area (Å²) in [5.74, 6) is 1.75. The lowest BCUT2D eigenvalue weighted by atomic mass is 9.47. The van der Waals surface area contributed by atoms with Crippen LogP contribution in [0.4, 0.5) is 0 Å². The Balaban J connectivity index is 2.30. The molecule has 0 aromatic carbocycles. The molecule has 3 atom stereocenters. The predicted octanol–water partition coefficient (Wildman–Crippen LogP) is 2.54. The molecular weight excluding hydrogens is 158 g/mol. The lowest BCUT2D eigenvalue weighted by Crippen LogP contribution is -2.57. The molecule has 2 bridgehead atoms. The molecule has 1 saturated carbocycles. The number of hydrogen-bond acceptors (Lipinski definition) is 1. The number of rotatable bonds is 1. The smallest absolute Gasteiger partial charge is 0.0308 e. The van der Waals surface area contributed by atoms with Gasteiger partial charge in [-0.25, -0.2) is 0 Å². The van der Waals surface area contributed by atoms with Gasteiger partial charge in [-0.3, -0.25) is 0 Å². The topological polar surface area (TPSA) is 3.24 Å². The molecule has 74 valence electrons. The summed E-state index contributed by atoms with van der Waals surface area (Å²) in [6, 6.07) is 0.681. The summed E-state index contributed by atoms with van der Waals surface area (Å²) in [5.41, 5.74) is 2.17. The summed E-state index contributed by atoms with van der Waals surface area (Å²) in [7, 11) is 4.40. The molecule has 0 aliphatic heterocycles. The first-order valence-electron chi connectivity index (χ1n) is 5.29. The van der Waals surface area contributed by atoms with Gasteiger partial charge in [-0.05, 0) is 44.7 Å². The fraction of sp³-hybridized carbons (Fsp3) is 0.833. The summed E-state index contributed by atoms with van der Waals surface area (Å²) in [6.07, 6.45) is 3.89. The third kappa shape index (κ3) is 1.10. The molecule has 0 N–H and O–H groups in total. The van der Waals surface area contributed by atoms with Gasteiger partial charge in [0.25, 0.3) is 0 Å². The summed E-state index contributed by atoms with van der Waals surface area (Å²) >= 11 is 0. The van der Waals surface area contributed by atoms with E-state index in [-0.39, 0.29) is 0 Å². The molecule has 0 radical (unpaired) electrons. The maximum absolute atomic E-state index is 2.48. The van der Waals surface area contributed by atoms with Gasteiger partial charge in [0, 0.05) is 6.04 Å². The Hall–Kier alpha value is -0.300. The lowest BCUT2D eigenvalue weighted by molar-refractivity contribution is -0.0478. The molecule has 3 rings (SSSR count). The Morgan fingerprint density at radius 1 is 1.38 bits per heavy atom. The van der Waals surface area contributed by atoms with E-state index in [2.05, 4.69) is 45.8 Å². The monoisotopic (exact) mass is 179 g/mol. The van der Waals surface area contributed by atoms with Gasteiger partial charge < -0.3 is 4.90 Å². The zero-order valence-electron chi connectivity index (χ0n) is 9.46. The van der Waals surface area contributed by atoms with E-state index in [1.807, 2.05) is 0 Å². The first-order valence-corrected chi connectivity index (χ1v) is 5.29. The second kappa shape index (κ2) is 2.60. The molecule has 0 saturated heterocycles. The van der Waals surface area contributed by atoms with Gasteiger partial charge in [0.05, 0.1) is 0 Å². The molecule has 13 heavy (non-hydrogen) atoms. The van der Waals surface area contributed by atoms with Crippen LogP contribution in [0.15, 0.2) is 11.6 Å². The molecule has 0 aromatic rings. The Bertz CT molecular complexity index is 250. The Kier molecular flexibility index (Phi) is 1.85. The zero-order valence-corrected chi connectivity index (χ0v) is 9.46. The third-order valence-electron chi connectivity index (χ3n) is 4.34. The van der Waals surface area contributed by atoms with Crippen LogP contribution in [-0.2, 0) is 0 Å². The van der Waals surface area contributed by atoms with Crippen molar-refractivity contribution in [2.75, 3.05) is 14.1 Å². The van der Waals surface area contributed by atoms with Crippen molar-refractivity contribution in [1.29, 1.82) is 0 Å². The molecule has 0 aromatic heterocycles. The van der Waals surface area contributed by atoms with E-state index in [1.54, 1.807) is 5.57 Å². The number of hydrogen-bond donors (Lipinski definition) is 0. The van der Waals surface area contributed by atoms with Crippen molar-refractivity contribution in [3.63, 3.8) is 0 Å². The minimum absolute atomic E-state index is 0.549. The van der Waals surface area contributed by atoms with Crippen LogP contribution >= 0.6 is 0 Å². The summed E-state index contributed by atoms with van der Waals surface area (Å²) in [5, 5.41) is 0. The average Bonchev–Trinajstić information content (AvgIpc) is 2.02. The molecule has 3 aliphatic carbocycles. The minimum Gasteiger partial charge on any atom is -0.303 e. The standard InChI is InChI=1S/C12H21N/c1-8-6-11(13(4)5)10-7-9(8)12(10,2)3/h6,9-11H,7H2,1-5H3/t9-,10+,11+/m0/s1. The molecule has 0 heterocycles. The van der Waals surface area contributed by atoms with E-state index >= 15 is 0 Å². The maximum Gasteiger partial charge on any atom is 0.0308 e. The van der Waals surface area contributed by atoms with Crippen molar-refractivity contribution in [3.05, 3.63) is 11.6 Å². The lowest BCUT2D eigenvalue weighted by Gasteiger charge is -2.60. The van der Waals surface area contributed by atoms with Crippen molar-refractivity contribution in [3.8, 4) is 0 Å². The van der Waals surface area contributed by atoms with Crippen LogP contribution in [0.3, 0.4) is 0 Å². The molecule has 1 fully saturated rings. The molecular formula is C12H21N. The van der Waals surface area contributed by atoms with Gasteiger partial charge in [0.1, 0.15) is 0 Å². The molecule has 1 nitrogen and oxygen atoms in total. The van der Waals surface area contributed by atoms with Crippen LogP contribution in [-0.4, -0.2) is 25.0 Å². The van der Waals surface area contributed by atoms with Gasteiger partial charge in [0.2, 0.25) is 0 Å². The predicted molar refractivity (Wildman–Crippen MR) is 56.6 cm³/mol. The second-order valence-electron chi connectivity index (χ2n) is 5.58. The van der Waals surface area contributed by atoms with Crippen LogP contribution in [0.5, 0.6) is 0 Å². The number of likely N-dealkylation sites (N-methyl/N-ethyl adjacent to an activating group) is 1. The van der Waals surface area contributed by atoms with Gasteiger partial charge in [0.15, 0.2) is 0 Å². The van der Waals surface area contributed by atoms with E-state index in [9.17, 15) is 0 Å². The van der Waals surface area contributed by atoms with E-state index in [0.717, 1.165) is 11.8 Å². The Labute approximate surface area is 81.8 Å². The minimum atomic E-state index is 0.549. The van der Waals surface area contributed by atoms with Crippen molar-refractivity contribution in [1.82, 2.24) is 4.90 Å². The van der Waals surface area contributed by atoms with Crippen LogP contribution < -0.4 is 0 Å². The van der Waals surface area contributed by atoms with E-state index < -0.39 is 0 Å². The van der Waals surface area contributed by atoms with E-state index in [1.165, 1.54) is 6.42 Å². The summed E-state index contributed by atoms with van der Waals surface area (Å²) in [6.45, 7) is 7.16. The number of nitrogens with zero attached hydrogens (tertiary/aromatic N) is 1. The van der Waals surface area contributed by atoms with Gasteiger partial charge in [-0.1, -0.05) is 25.5 Å². The molecule has 1 heteroatoms. The Morgan fingerprint density at radius 3 is 2.38 bits per heavy atom. The van der Waals surface area contributed by atoms with Crippen molar-refractivity contribution in [2.24, 2.45) is 17.3 Å². The highest BCUT2D eigenvalue weighted by molar-refractivity contribution is 5.26.